The van der Waals surface area contributed by atoms with Crippen molar-refractivity contribution in [2.75, 3.05) is 106 Å². The molecule has 0 aliphatic heterocycles. The second kappa shape index (κ2) is 42.8. The standard InChI is InChI=1S/C34H41ClO12S.C16H13ClO4S.C9H14O4.C2HF3O2/c1-5-30(36)43-19-15-39-13-17-41-23(3)45-21-25(47-24(4)42-18-14-40-16-20-44-31(37)6-2)22-46-28-12-11-27(35)32-33(38)26-9-7-8-10-29(26)48-34(28)32;17-11-5-6-12(21-8-9(19)7-18)16-14(11)15(20)10-3-1-2-4-13(10)22-16;1-3-9(10)13-8-7-12-6-5-11-4-2;3-2(4,5)1(6)7/h5-12,23-25H,1-2,13-22H2,3-4H3;1-6,9,18-19H,7-8H2;3-4H,1-2,5-8H2;(H,6,7). The largest absolute Gasteiger partial charge is 0.499 e. The van der Waals surface area contributed by atoms with E-state index in [0.29, 0.717) is 72.3 Å². The Morgan fingerprint density at radius 2 is 0.967 bits per heavy atom. The van der Waals surface area contributed by atoms with Gasteiger partial charge in [0, 0.05) is 38.4 Å². The molecule has 6 aromatic rings. The third-order valence-corrected chi connectivity index (χ3v) is 14.0. The maximum absolute atomic E-state index is 13.3. The van der Waals surface area contributed by atoms with Gasteiger partial charge in [-0.15, -0.1) is 22.7 Å². The third-order valence-electron chi connectivity index (χ3n) is 11.0. The van der Waals surface area contributed by atoms with E-state index in [2.05, 4.69) is 31.1 Å². The monoisotopic (exact) mass is 1340 g/mol. The number of carbonyl (C=O) groups is 4. The minimum Gasteiger partial charge on any atom is -0.499 e. The summed E-state index contributed by atoms with van der Waals surface area (Å²) in [5, 5.41) is 28.1. The number of esters is 3. The molecule has 4 atom stereocenters. The number of carbonyl (C=O) groups excluding carboxylic acids is 3. The number of hydrogen-bond donors (Lipinski definition) is 3. The molecule has 0 saturated heterocycles. The highest BCUT2D eigenvalue weighted by atomic mass is 35.5. The van der Waals surface area contributed by atoms with E-state index in [1.807, 2.05) is 36.4 Å². The van der Waals surface area contributed by atoms with Gasteiger partial charge >= 0.3 is 30.1 Å². The Bertz CT molecular complexity index is 3380. The number of aliphatic carboxylic acids is 1. The fourth-order valence-electron chi connectivity index (χ4n) is 6.88. The van der Waals surface area contributed by atoms with Gasteiger partial charge in [-0.3, -0.25) is 9.59 Å². The number of fused-ring (bicyclic) bond motifs is 4. The number of benzene rings is 4. The van der Waals surface area contributed by atoms with Crippen LogP contribution in [0.2, 0.25) is 10.0 Å². The highest BCUT2D eigenvalue weighted by Gasteiger charge is 2.38. The van der Waals surface area contributed by atoms with E-state index in [-0.39, 0.29) is 96.7 Å². The first kappa shape index (κ1) is 77.2. The molecule has 0 amide bonds. The summed E-state index contributed by atoms with van der Waals surface area (Å²) in [6, 6.07) is 21.3. The van der Waals surface area contributed by atoms with Gasteiger partial charge in [0.2, 0.25) is 0 Å². The third kappa shape index (κ3) is 28.4. The Hall–Kier alpha value is -7.09. The molecule has 0 spiro atoms. The van der Waals surface area contributed by atoms with Crippen molar-refractivity contribution in [1.82, 2.24) is 0 Å². The summed E-state index contributed by atoms with van der Waals surface area (Å²) < 4.78 is 105. The van der Waals surface area contributed by atoms with E-state index in [1.54, 1.807) is 50.2 Å². The predicted molar refractivity (Wildman–Crippen MR) is 333 cm³/mol. The van der Waals surface area contributed by atoms with Crippen LogP contribution in [-0.4, -0.2) is 176 Å². The lowest BCUT2D eigenvalue weighted by Gasteiger charge is -2.25. The van der Waals surface area contributed by atoms with Crippen LogP contribution in [0, 0.1) is 0 Å². The number of rotatable bonds is 36. The van der Waals surface area contributed by atoms with E-state index in [1.165, 1.54) is 28.9 Å². The predicted octanol–water partition coefficient (Wildman–Crippen LogP) is 9.39. The first-order valence-electron chi connectivity index (χ1n) is 27.1. The highest BCUT2D eigenvalue weighted by Crippen LogP contribution is 2.37. The molecule has 3 N–H and O–H groups in total. The lowest BCUT2D eigenvalue weighted by molar-refractivity contribution is -0.208. The van der Waals surface area contributed by atoms with Crippen LogP contribution < -0.4 is 20.3 Å². The summed E-state index contributed by atoms with van der Waals surface area (Å²) in [6.07, 6.45) is -3.30. The zero-order valence-corrected chi connectivity index (χ0v) is 52.1. The topological polar surface area (TPSA) is 283 Å². The number of hydrogen-bond acceptors (Lipinski definition) is 23. The Balaban J connectivity index is 0.000000407. The van der Waals surface area contributed by atoms with Crippen LogP contribution in [0.25, 0.3) is 40.3 Å². The Morgan fingerprint density at radius 1 is 0.567 bits per heavy atom. The number of carboxylic acid groups (broad SMARTS) is 1. The van der Waals surface area contributed by atoms with E-state index in [0.717, 1.165) is 27.6 Å². The van der Waals surface area contributed by atoms with Crippen molar-refractivity contribution in [3.63, 3.8) is 0 Å². The fraction of sp³-hybridized carbons (Fsp3) is 0.377. The van der Waals surface area contributed by atoms with Gasteiger partial charge in [-0.25, -0.2) is 19.2 Å². The maximum atomic E-state index is 13.3. The minimum absolute atomic E-state index is 0.0546. The number of aliphatic hydroxyl groups excluding tert-OH is 2. The van der Waals surface area contributed by atoms with Crippen molar-refractivity contribution in [2.24, 2.45) is 0 Å². The van der Waals surface area contributed by atoms with Crippen LogP contribution in [-0.2, 0) is 71.3 Å². The van der Waals surface area contributed by atoms with E-state index in [9.17, 15) is 42.3 Å². The Kier molecular flexibility index (Phi) is 36.7. The van der Waals surface area contributed by atoms with Gasteiger partial charge in [0.05, 0.1) is 103 Å². The molecule has 0 aliphatic rings. The van der Waals surface area contributed by atoms with Crippen LogP contribution in [0.1, 0.15) is 13.8 Å². The molecule has 492 valence electrons. The molecule has 0 saturated carbocycles. The Morgan fingerprint density at radius 3 is 1.38 bits per heavy atom. The smallest absolute Gasteiger partial charge is 0.490 e. The van der Waals surface area contributed by atoms with Crippen LogP contribution in [0.15, 0.2) is 133 Å². The number of carboxylic acids is 1. The second-order valence-electron chi connectivity index (χ2n) is 17.6. The van der Waals surface area contributed by atoms with Gasteiger partial charge in [0.15, 0.2) is 23.4 Å². The summed E-state index contributed by atoms with van der Waals surface area (Å²) >= 11 is 15.5. The molecule has 0 fully saturated rings. The van der Waals surface area contributed by atoms with Crippen LogP contribution in [0.4, 0.5) is 13.2 Å². The zero-order chi connectivity index (χ0) is 66.4. The van der Waals surface area contributed by atoms with Crippen molar-refractivity contribution in [3.05, 3.63) is 154 Å². The lowest BCUT2D eigenvalue weighted by Crippen LogP contribution is -2.34. The molecule has 4 aromatic carbocycles. The number of halogens is 5. The molecular formula is C61H69Cl2F3O22S2. The van der Waals surface area contributed by atoms with Crippen molar-refractivity contribution in [3.8, 4) is 11.5 Å². The zero-order valence-electron chi connectivity index (χ0n) is 49.0. The Labute approximate surface area is 532 Å². The average Bonchev–Trinajstić information content (AvgIpc) is 0.813. The van der Waals surface area contributed by atoms with E-state index >= 15 is 0 Å². The lowest BCUT2D eigenvalue weighted by atomic mass is 10.2. The molecule has 0 radical (unpaired) electrons. The van der Waals surface area contributed by atoms with Crippen LogP contribution in [0.5, 0.6) is 11.5 Å². The molecule has 22 nitrogen and oxygen atoms in total. The number of alkyl halides is 3. The molecule has 4 unspecified atom stereocenters. The summed E-state index contributed by atoms with van der Waals surface area (Å²) in [5.41, 5.74) is -0.302. The highest BCUT2D eigenvalue weighted by molar-refractivity contribution is 7.25. The normalized spacial score (nSPS) is 12.3. The van der Waals surface area contributed by atoms with Crippen molar-refractivity contribution < 1.29 is 109 Å². The summed E-state index contributed by atoms with van der Waals surface area (Å²) in [6.45, 7) is 19.6. The quantitative estimate of drug-likeness (QED) is 0.00628. The first-order chi connectivity index (χ1) is 43.1. The molecule has 0 aliphatic carbocycles. The van der Waals surface area contributed by atoms with E-state index in [4.69, 9.17) is 95.1 Å². The molecule has 2 heterocycles. The minimum atomic E-state index is -5.08. The van der Waals surface area contributed by atoms with Crippen LogP contribution in [0.3, 0.4) is 0 Å². The number of ether oxygens (including phenoxy) is 13. The molecule has 90 heavy (non-hydrogen) atoms. The van der Waals surface area contributed by atoms with Gasteiger partial charge < -0.3 is 76.9 Å². The summed E-state index contributed by atoms with van der Waals surface area (Å²) in [5.74, 6) is -3.27. The molecule has 0 bridgehead atoms. The number of aliphatic hydroxyl groups is 2. The van der Waals surface area contributed by atoms with Gasteiger partial charge in [0.1, 0.15) is 63.3 Å². The average molecular weight is 1350 g/mol. The first-order valence-corrected chi connectivity index (χ1v) is 29.5. The van der Waals surface area contributed by atoms with Crippen molar-refractivity contribution in [2.45, 2.75) is 44.8 Å². The van der Waals surface area contributed by atoms with E-state index < -0.39 is 54.8 Å². The van der Waals surface area contributed by atoms with Crippen molar-refractivity contribution >= 4 is 110 Å². The van der Waals surface area contributed by atoms with Gasteiger partial charge in [-0.05, 0) is 62.4 Å². The molecule has 2 aromatic heterocycles. The maximum Gasteiger partial charge on any atom is 0.490 e. The van der Waals surface area contributed by atoms with Gasteiger partial charge in [-0.1, -0.05) is 73.8 Å². The van der Waals surface area contributed by atoms with Crippen molar-refractivity contribution in [1.29, 1.82) is 0 Å². The second-order valence-corrected chi connectivity index (χ2v) is 20.5. The SMILES string of the molecule is C=CC(=O)OCCOCCOC(C)OCC(COc1ccc(Cl)c2c(=O)c3ccccc3sc12)OC(C)OCCOCCOC(=O)C=C.C=COCCOCCOC(=O)C=C.O=C(O)C(F)(F)F.O=c1c2ccccc2sc2c(OCC(O)CO)ccc(Cl)c12. The van der Waals surface area contributed by atoms with Crippen LogP contribution >= 0.6 is 45.9 Å². The fourth-order valence-corrected chi connectivity index (χ4v) is 9.82. The molecule has 29 heteroatoms. The summed E-state index contributed by atoms with van der Waals surface area (Å²) in [7, 11) is 0. The molecule has 6 rings (SSSR count). The molecular weight excluding hydrogens is 1280 g/mol. The van der Waals surface area contributed by atoms with Gasteiger partial charge in [0.25, 0.3) is 0 Å². The van der Waals surface area contributed by atoms with Gasteiger partial charge in [-0.2, -0.15) is 13.2 Å². The summed E-state index contributed by atoms with van der Waals surface area (Å²) in [4.78, 5) is 67.5.